The molecule has 0 spiro atoms. The monoisotopic (exact) mass is 456 g/mol. The van der Waals surface area contributed by atoms with Crippen molar-refractivity contribution in [1.29, 1.82) is 0 Å². The highest BCUT2D eigenvalue weighted by Crippen LogP contribution is 2.26. The molecule has 11 heteroatoms. The van der Waals surface area contributed by atoms with Crippen LogP contribution >= 0.6 is 0 Å². The summed E-state index contributed by atoms with van der Waals surface area (Å²) in [6.45, 7) is 5.09. The van der Waals surface area contributed by atoms with Gasteiger partial charge >= 0.3 is 0 Å². The number of likely N-dealkylation sites (tertiary alicyclic amines) is 1. The van der Waals surface area contributed by atoms with Crippen LogP contribution in [0.3, 0.4) is 0 Å². The van der Waals surface area contributed by atoms with Gasteiger partial charge < -0.3 is 19.3 Å². The van der Waals surface area contributed by atoms with E-state index in [4.69, 9.17) is 4.52 Å². The maximum atomic E-state index is 14.9. The fraction of sp³-hybridized carbons (Fsp3) is 0.455. The van der Waals surface area contributed by atoms with Gasteiger partial charge in [0, 0.05) is 19.6 Å². The highest BCUT2D eigenvalue weighted by atomic mass is 19.1. The summed E-state index contributed by atoms with van der Waals surface area (Å²) in [5.41, 5.74) is -0.750. The number of imidazole rings is 1. The third-order valence-electron chi connectivity index (χ3n) is 5.99. The molecule has 1 aliphatic rings. The van der Waals surface area contributed by atoms with Crippen LogP contribution in [0.25, 0.3) is 28.1 Å². The van der Waals surface area contributed by atoms with Crippen molar-refractivity contribution in [2.24, 2.45) is 0 Å². The average Bonchev–Trinajstić information content (AvgIpc) is 3.41. The zero-order valence-electron chi connectivity index (χ0n) is 18.4. The van der Waals surface area contributed by atoms with Gasteiger partial charge in [-0.15, -0.1) is 0 Å². The van der Waals surface area contributed by atoms with Crippen molar-refractivity contribution in [2.45, 2.75) is 44.9 Å². The molecule has 0 saturated carbocycles. The molecule has 1 saturated heterocycles. The fourth-order valence-corrected chi connectivity index (χ4v) is 4.35. The standard InChI is InChI=1S/C22H25FN6O4/c1-22(2,32)21-25-19(26-33-21)16-18-20(31)28(10-9-27-8-4-5-13(30)11-27)17-14(23)6-3-7-15(17)29(18)12-24-16/h3,6-7,12-13,30,32H,4-5,8-11H2,1-2H3. The lowest BCUT2D eigenvalue weighted by Crippen LogP contribution is -2.41. The summed E-state index contributed by atoms with van der Waals surface area (Å²) in [6, 6.07) is 4.62. The molecule has 1 fully saturated rings. The summed E-state index contributed by atoms with van der Waals surface area (Å²) < 4.78 is 23.0. The molecule has 33 heavy (non-hydrogen) atoms. The molecule has 1 atom stereocenters. The molecule has 0 aliphatic carbocycles. The van der Waals surface area contributed by atoms with Crippen molar-refractivity contribution in [3.8, 4) is 11.5 Å². The molecule has 4 heterocycles. The lowest BCUT2D eigenvalue weighted by atomic mass is 10.1. The Morgan fingerprint density at radius 2 is 2.09 bits per heavy atom. The number of fused-ring (bicyclic) bond motifs is 3. The van der Waals surface area contributed by atoms with Crippen LogP contribution in [0.15, 0.2) is 33.8 Å². The van der Waals surface area contributed by atoms with E-state index in [9.17, 15) is 19.4 Å². The first-order chi connectivity index (χ1) is 15.7. The number of hydrogen-bond donors (Lipinski definition) is 2. The van der Waals surface area contributed by atoms with E-state index in [-0.39, 0.29) is 35.0 Å². The molecule has 1 aromatic carbocycles. The Bertz CT molecular complexity index is 1390. The van der Waals surface area contributed by atoms with Gasteiger partial charge in [0.2, 0.25) is 5.82 Å². The van der Waals surface area contributed by atoms with E-state index in [2.05, 4.69) is 20.0 Å². The number of halogens is 1. The van der Waals surface area contributed by atoms with Crippen LogP contribution in [0.4, 0.5) is 4.39 Å². The number of aliphatic hydroxyl groups excluding tert-OH is 1. The Kier molecular flexibility index (Phi) is 5.26. The Morgan fingerprint density at radius 1 is 1.27 bits per heavy atom. The van der Waals surface area contributed by atoms with E-state index < -0.39 is 23.1 Å². The second kappa shape index (κ2) is 8.01. The first-order valence-corrected chi connectivity index (χ1v) is 10.9. The Balaban J connectivity index is 1.65. The Labute approximate surface area is 187 Å². The fourth-order valence-electron chi connectivity index (χ4n) is 4.35. The molecule has 5 rings (SSSR count). The molecule has 2 N–H and O–H groups in total. The highest BCUT2D eigenvalue weighted by Gasteiger charge is 2.27. The number of β-amino-alcohol motifs (C(OH)–C–C–N with tert-alkyl or cyclic N) is 1. The quantitative estimate of drug-likeness (QED) is 0.464. The normalized spacial score (nSPS) is 17.9. The van der Waals surface area contributed by atoms with Gasteiger partial charge in [-0.25, -0.2) is 9.37 Å². The van der Waals surface area contributed by atoms with Crippen molar-refractivity contribution < 1.29 is 19.1 Å². The summed E-state index contributed by atoms with van der Waals surface area (Å²) in [7, 11) is 0. The molecule has 3 aromatic heterocycles. The first-order valence-electron chi connectivity index (χ1n) is 10.9. The minimum Gasteiger partial charge on any atom is -0.392 e. The number of para-hydroxylation sites is 1. The average molecular weight is 456 g/mol. The van der Waals surface area contributed by atoms with Crippen LogP contribution in [0.1, 0.15) is 32.6 Å². The molecule has 0 bridgehead atoms. The highest BCUT2D eigenvalue weighted by molar-refractivity contribution is 5.84. The summed E-state index contributed by atoms with van der Waals surface area (Å²) >= 11 is 0. The zero-order valence-corrected chi connectivity index (χ0v) is 18.4. The lowest BCUT2D eigenvalue weighted by molar-refractivity contribution is 0.0420. The van der Waals surface area contributed by atoms with Crippen LogP contribution in [-0.2, 0) is 12.1 Å². The molecular weight excluding hydrogens is 431 g/mol. The summed E-state index contributed by atoms with van der Waals surface area (Å²) in [5, 5.41) is 24.0. The summed E-state index contributed by atoms with van der Waals surface area (Å²) in [5.74, 6) is -0.452. The third kappa shape index (κ3) is 3.81. The summed E-state index contributed by atoms with van der Waals surface area (Å²) in [6.07, 6.45) is 2.67. The first kappa shape index (κ1) is 21.7. The second-order valence-corrected chi connectivity index (χ2v) is 8.95. The third-order valence-corrected chi connectivity index (χ3v) is 5.99. The number of hydrogen-bond acceptors (Lipinski definition) is 8. The summed E-state index contributed by atoms with van der Waals surface area (Å²) in [4.78, 5) is 24.2. The molecule has 10 nitrogen and oxygen atoms in total. The number of rotatable bonds is 5. The molecule has 1 unspecified atom stereocenters. The molecule has 0 radical (unpaired) electrons. The van der Waals surface area contributed by atoms with Crippen LogP contribution in [0.5, 0.6) is 0 Å². The number of nitrogens with zero attached hydrogens (tertiary/aromatic N) is 6. The predicted molar refractivity (Wildman–Crippen MR) is 117 cm³/mol. The molecule has 4 aromatic rings. The number of aromatic nitrogens is 5. The number of aliphatic hydroxyl groups is 2. The number of benzene rings is 1. The molecule has 1 aliphatic heterocycles. The second-order valence-electron chi connectivity index (χ2n) is 8.95. The smallest absolute Gasteiger partial charge is 0.277 e. The minimum atomic E-state index is -1.35. The van der Waals surface area contributed by atoms with Gasteiger partial charge in [0.1, 0.15) is 34.5 Å². The maximum absolute atomic E-state index is 14.9. The number of piperidine rings is 1. The molecular formula is C22H25FN6O4. The van der Waals surface area contributed by atoms with E-state index in [0.29, 0.717) is 18.6 Å². The van der Waals surface area contributed by atoms with Gasteiger partial charge in [0.15, 0.2) is 0 Å². The lowest BCUT2D eigenvalue weighted by Gasteiger charge is -2.30. The Morgan fingerprint density at radius 3 is 2.82 bits per heavy atom. The predicted octanol–water partition coefficient (Wildman–Crippen LogP) is 1.52. The van der Waals surface area contributed by atoms with E-state index >= 15 is 0 Å². The minimum absolute atomic E-state index is 0.00512. The van der Waals surface area contributed by atoms with E-state index in [0.717, 1.165) is 19.4 Å². The van der Waals surface area contributed by atoms with Crippen molar-refractivity contribution in [2.75, 3.05) is 19.6 Å². The van der Waals surface area contributed by atoms with Crippen molar-refractivity contribution >= 4 is 16.6 Å². The van der Waals surface area contributed by atoms with E-state index in [1.807, 2.05) is 0 Å². The topological polar surface area (TPSA) is 122 Å². The zero-order chi connectivity index (χ0) is 23.3. The van der Waals surface area contributed by atoms with Crippen molar-refractivity contribution in [3.05, 3.63) is 46.6 Å². The van der Waals surface area contributed by atoms with Crippen LogP contribution in [0, 0.1) is 5.82 Å². The Hall–Kier alpha value is -3.15. The SMILES string of the molecule is CC(C)(O)c1nc(-c2ncn3c2c(=O)n(CCN2CCCC(O)C2)c2c(F)cccc23)no1. The van der Waals surface area contributed by atoms with Gasteiger partial charge in [-0.3, -0.25) is 14.1 Å². The van der Waals surface area contributed by atoms with Crippen molar-refractivity contribution in [3.63, 3.8) is 0 Å². The van der Waals surface area contributed by atoms with Gasteiger partial charge in [-0.2, -0.15) is 4.98 Å². The van der Waals surface area contributed by atoms with E-state index in [1.54, 1.807) is 12.1 Å². The van der Waals surface area contributed by atoms with Crippen LogP contribution in [-0.4, -0.2) is 64.9 Å². The van der Waals surface area contributed by atoms with Crippen LogP contribution in [0.2, 0.25) is 0 Å². The van der Waals surface area contributed by atoms with Gasteiger partial charge in [0.05, 0.1) is 11.6 Å². The van der Waals surface area contributed by atoms with E-state index in [1.165, 1.54) is 35.2 Å². The largest absolute Gasteiger partial charge is 0.392 e. The van der Waals surface area contributed by atoms with Gasteiger partial charge in [0.25, 0.3) is 11.4 Å². The van der Waals surface area contributed by atoms with Gasteiger partial charge in [-0.1, -0.05) is 11.2 Å². The van der Waals surface area contributed by atoms with Crippen molar-refractivity contribution in [1.82, 2.24) is 29.0 Å². The molecule has 0 amide bonds. The maximum Gasteiger partial charge on any atom is 0.277 e. The van der Waals surface area contributed by atoms with Gasteiger partial charge in [-0.05, 0) is 45.4 Å². The van der Waals surface area contributed by atoms with Crippen LogP contribution < -0.4 is 5.56 Å². The molecule has 174 valence electrons.